The Bertz CT molecular complexity index is 925. The molecule has 1 aliphatic rings. The third-order valence-corrected chi connectivity index (χ3v) is 5.12. The molecule has 150 valence electrons. The molecule has 7 nitrogen and oxygen atoms in total. The molecule has 0 saturated heterocycles. The van der Waals surface area contributed by atoms with Crippen molar-refractivity contribution >= 4 is 41.1 Å². The highest BCUT2D eigenvalue weighted by Crippen LogP contribution is 2.21. The van der Waals surface area contributed by atoms with Crippen LogP contribution >= 0.6 is 11.8 Å². The van der Waals surface area contributed by atoms with Crippen LogP contribution in [0.1, 0.15) is 26.3 Å². The predicted octanol–water partition coefficient (Wildman–Crippen LogP) is 2.51. The van der Waals surface area contributed by atoms with E-state index >= 15 is 0 Å². The van der Waals surface area contributed by atoms with Gasteiger partial charge < -0.3 is 10.1 Å². The summed E-state index contributed by atoms with van der Waals surface area (Å²) in [5.41, 5.74) is 2.47. The first-order valence-corrected chi connectivity index (χ1v) is 10.2. The number of amides is 3. The predicted molar refractivity (Wildman–Crippen MR) is 110 cm³/mol. The molecule has 0 unspecified atom stereocenters. The van der Waals surface area contributed by atoms with Crippen molar-refractivity contribution in [3.8, 4) is 0 Å². The molecule has 1 N–H and O–H groups in total. The van der Waals surface area contributed by atoms with Gasteiger partial charge in [0.2, 0.25) is 5.91 Å². The number of carbonyl (C=O) groups excluding carboxylic acids is 4. The van der Waals surface area contributed by atoms with Crippen LogP contribution in [0.2, 0.25) is 0 Å². The van der Waals surface area contributed by atoms with Crippen LogP contribution < -0.4 is 5.32 Å². The van der Waals surface area contributed by atoms with Crippen LogP contribution in [-0.2, 0) is 14.3 Å². The number of fused-ring (bicyclic) bond motifs is 1. The lowest BCUT2D eigenvalue weighted by atomic mass is 10.1. The lowest BCUT2D eigenvalue weighted by Gasteiger charge is -2.13. The van der Waals surface area contributed by atoms with Crippen molar-refractivity contribution in [3.05, 3.63) is 65.2 Å². The molecule has 0 radical (unpaired) electrons. The van der Waals surface area contributed by atoms with Gasteiger partial charge in [-0.25, -0.2) is 0 Å². The van der Waals surface area contributed by atoms with E-state index in [1.54, 1.807) is 30.3 Å². The molecule has 0 spiro atoms. The maximum atomic E-state index is 12.2. The van der Waals surface area contributed by atoms with E-state index in [0.29, 0.717) is 16.8 Å². The van der Waals surface area contributed by atoms with Crippen LogP contribution in [0.3, 0.4) is 0 Å². The average molecular weight is 412 g/mol. The maximum absolute atomic E-state index is 12.2. The number of anilines is 1. The van der Waals surface area contributed by atoms with Crippen LogP contribution in [0.25, 0.3) is 0 Å². The Morgan fingerprint density at radius 3 is 2.34 bits per heavy atom. The molecule has 3 rings (SSSR count). The number of hydrogen-bond acceptors (Lipinski definition) is 6. The van der Waals surface area contributed by atoms with E-state index in [4.69, 9.17) is 4.74 Å². The monoisotopic (exact) mass is 412 g/mol. The molecular formula is C21H20N2O5S. The van der Waals surface area contributed by atoms with Gasteiger partial charge >= 0.3 is 5.97 Å². The van der Waals surface area contributed by atoms with E-state index in [2.05, 4.69) is 5.32 Å². The SMILES string of the molecule is Cc1cccc(NC(=O)CSCC(=O)OCCN2C(=O)c3ccccc3C2=O)c1. The minimum absolute atomic E-state index is 0.00333. The van der Waals surface area contributed by atoms with E-state index in [1.165, 1.54) is 0 Å². The first kappa shape index (κ1) is 20.6. The van der Waals surface area contributed by atoms with Crippen molar-refractivity contribution < 1.29 is 23.9 Å². The fourth-order valence-electron chi connectivity index (χ4n) is 2.88. The zero-order valence-corrected chi connectivity index (χ0v) is 16.7. The third-order valence-electron chi connectivity index (χ3n) is 4.21. The zero-order valence-electron chi connectivity index (χ0n) is 15.8. The highest BCUT2D eigenvalue weighted by atomic mass is 32.2. The smallest absolute Gasteiger partial charge is 0.315 e. The maximum Gasteiger partial charge on any atom is 0.315 e. The summed E-state index contributed by atoms with van der Waals surface area (Å²) in [5, 5.41) is 2.76. The van der Waals surface area contributed by atoms with Gasteiger partial charge in [0, 0.05) is 5.69 Å². The molecule has 3 amide bonds. The van der Waals surface area contributed by atoms with Gasteiger partial charge in [0.05, 0.1) is 29.2 Å². The van der Waals surface area contributed by atoms with Crippen molar-refractivity contribution in [3.63, 3.8) is 0 Å². The summed E-state index contributed by atoms with van der Waals surface area (Å²) >= 11 is 1.13. The number of imide groups is 1. The molecule has 8 heteroatoms. The Hall–Kier alpha value is -3.13. The zero-order chi connectivity index (χ0) is 20.8. The van der Waals surface area contributed by atoms with Gasteiger partial charge in [-0.2, -0.15) is 0 Å². The van der Waals surface area contributed by atoms with Crippen molar-refractivity contribution in [2.24, 2.45) is 0 Å². The Morgan fingerprint density at radius 2 is 1.69 bits per heavy atom. The van der Waals surface area contributed by atoms with Gasteiger partial charge in [0.1, 0.15) is 6.61 Å². The minimum Gasteiger partial charge on any atom is -0.463 e. The molecule has 0 atom stereocenters. The number of esters is 1. The lowest BCUT2D eigenvalue weighted by molar-refractivity contribution is -0.140. The summed E-state index contributed by atoms with van der Waals surface area (Å²) in [7, 11) is 0. The number of benzene rings is 2. The van der Waals surface area contributed by atoms with Crippen molar-refractivity contribution in [1.82, 2.24) is 4.90 Å². The highest BCUT2D eigenvalue weighted by molar-refractivity contribution is 8.00. The normalized spacial score (nSPS) is 12.7. The number of thioether (sulfide) groups is 1. The molecule has 0 saturated carbocycles. The number of ether oxygens (including phenoxy) is 1. The third kappa shape index (κ3) is 5.23. The topological polar surface area (TPSA) is 92.8 Å². The Labute approximate surface area is 172 Å². The first-order chi connectivity index (χ1) is 14.0. The second kappa shape index (κ2) is 9.38. The molecule has 0 fully saturated rings. The summed E-state index contributed by atoms with van der Waals surface area (Å²) in [4.78, 5) is 49.2. The standard InChI is InChI=1S/C21H20N2O5S/c1-14-5-4-6-15(11-14)22-18(24)12-29-13-19(25)28-10-9-23-20(26)16-7-2-3-8-17(16)21(23)27/h2-8,11H,9-10,12-13H2,1H3,(H,22,24). The molecule has 0 aromatic heterocycles. The van der Waals surface area contributed by atoms with Crippen molar-refractivity contribution in [2.75, 3.05) is 30.0 Å². The number of nitrogens with zero attached hydrogens (tertiary/aromatic N) is 1. The van der Waals surface area contributed by atoms with E-state index in [9.17, 15) is 19.2 Å². The number of carbonyl (C=O) groups is 4. The van der Waals surface area contributed by atoms with E-state index < -0.39 is 5.97 Å². The second-order valence-corrected chi connectivity index (χ2v) is 7.42. The fraction of sp³-hybridized carbons (Fsp3) is 0.238. The van der Waals surface area contributed by atoms with Crippen molar-refractivity contribution in [2.45, 2.75) is 6.92 Å². The molecule has 29 heavy (non-hydrogen) atoms. The Morgan fingerprint density at radius 1 is 1.00 bits per heavy atom. The molecule has 0 aliphatic carbocycles. The fourth-order valence-corrected chi connectivity index (χ4v) is 3.49. The molecule has 1 heterocycles. The van der Waals surface area contributed by atoms with Gasteiger partial charge in [-0.1, -0.05) is 24.3 Å². The van der Waals surface area contributed by atoms with Crippen LogP contribution in [-0.4, -0.2) is 53.2 Å². The number of rotatable bonds is 8. The molecular weight excluding hydrogens is 392 g/mol. The molecule has 2 aromatic rings. The summed E-state index contributed by atoms with van der Waals surface area (Å²) in [6.07, 6.45) is 0. The summed E-state index contributed by atoms with van der Waals surface area (Å²) < 4.78 is 5.08. The lowest BCUT2D eigenvalue weighted by Crippen LogP contribution is -2.33. The van der Waals surface area contributed by atoms with E-state index in [1.807, 2.05) is 25.1 Å². The van der Waals surface area contributed by atoms with E-state index in [0.717, 1.165) is 22.2 Å². The second-order valence-electron chi connectivity index (χ2n) is 6.44. The van der Waals surface area contributed by atoms with E-state index in [-0.39, 0.29) is 42.4 Å². The molecule has 1 aliphatic heterocycles. The summed E-state index contributed by atoms with van der Waals surface area (Å²) in [6.45, 7) is 1.85. The quantitative estimate of drug-likeness (QED) is 0.529. The average Bonchev–Trinajstić information content (AvgIpc) is 2.93. The number of nitrogens with one attached hydrogen (secondary N) is 1. The van der Waals surface area contributed by atoms with Gasteiger partial charge in [0.15, 0.2) is 0 Å². The Kier molecular flexibility index (Phi) is 6.66. The van der Waals surface area contributed by atoms with Gasteiger partial charge in [-0.05, 0) is 36.8 Å². The molecule has 2 aromatic carbocycles. The largest absolute Gasteiger partial charge is 0.463 e. The minimum atomic E-state index is -0.505. The van der Waals surface area contributed by atoms with Gasteiger partial charge in [-0.3, -0.25) is 24.1 Å². The van der Waals surface area contributed by atoms with Crippen molar-refractivity contribution in [1.29, 1.82) is 0 Å². The van der Waals surface area contributed by atoms with Gasteiger partial charge in [-0.15, -0.1) is 11.8 Å². The van der Waals surface area contributed by atoms with Gasteiger partial charge in [0.25, 0.3) is 11.8 Å². The first-order valence-electron chi connectivity index (χ1n) is 9.01. The van der Waals surface area contributed by atoms with Crippen LogP contribution in [0.4, 0.5) is 5.69 Å². The summed E-state index contributed by atoms with van der Waals surface area (Å²) in [5.74, 6) is -1.37. The highest BCUT2D eigenvalue weighted by Gasteiger charge is 2.34. The van der Waals surface area contributed by atoms with Crippen LogP contribution in [0, 0.1) is 6.92 Å². The summed E-state index contributed by atoms with van der Waals surface area (Å²) in [6, 6.07) is 14.0. The molecule has 0 bridgehead atoms. The number of aryl methyl sites for hydroxylation is 1. The van der Waals surface area contributed by atoms with Crippen LogP contribution in [0.15, 0.2) is 48.5 Å². The Balaban J connectivity index is 1.35. The number of hydrogen-bond donors (Lipinski definition) is 1. The van der Waals surface area contributed by atoms with Crippen LogP contribution in [0.5, 0.6) is 0 Å².